The van der Waals surface area contributed by atoms with Crippen LogP contribution in [0.25, 0.3) is 33.4 Å². The van der Waals surface area contributed by atoms with Crippen molar-refractivity contribution in [2.45, 2.75) is 0 Å². The molecule has 0 saturated heterocycles. The lowest BCUT2D eigenvalue weighted by Gasteiger charge is -2.35. The summed E-state index contributed by atoms with van der Waals surface area (Å²) in [7, 11) is -3.36. The highest BCUT2D eigenvalue weighted by atomic mass is 31.2. The van der Waals surface area contributed by atoms with Gasteiger partial charge in [0.05, 0.1) is 10.6 Å². The van der Waals surface area contributed by atoms with E-state index in [1.807, 2.05) is 97.1 Å². The predicted molar refractivity (Wildman–Crippen MR) is 160 cm³/mol. The molecular weight excluding hydrogens is 513 g/mol. The summed E-state index contributed by atoms with van der Waals surface area (Å²) in [6.07, 6.45) is 3.54. The summed E-state index contributed by atoms with van der Waals surface area (Å²) in [5.74, 6) is 2.32. The fraction of sp³-hybridized carbons (Fsp3) is 0. The Hall–Kier alpha value is -4.92. The first-order chi connectivity index (χ1) is 19.7. The molecule has 6 aromatic rings. The van der Waals surface area contributed by atoms with Crippen molar-refractivity contribution in [3.8, 4) is 56.4 Å². The normalized spacial score (nSPS) is 16.1. The van der Waals surface area contributed by atoms with Crippen LogP contribution < -0.4 is 25.4 Å². The molecular formula is C35H22NO3P. The van der Waals surface area contributed by atoms with Gasteiger partial charge in [-0.1, -0.05) is 78.9 Å². The fourth-order valence-corrected chi connectivity index (χ4v) is 8.75. The maximum Gasteiger partial charge on any atom is 0.185 e. The third-order valence-corrected chi connectivity index (χ3v) is 10.8. The van der Waals surface area contributed by atoms with Crippen LogP contribution in [0, 0.1) is 0 Å². The van der Waals surface area contributed by atoms with E-state index >= 15 is 4.57 Å². The molecule has 0 bridgehead atoms. The summed E-state index contributed by atoms with van der Waals surface area (Å²) in [4.78, 5) is 4.32. The molecule has 3 heterocycles. The van der Waals surface area contributed by atoms with Gasteiger partial charge in [-0.2, -0.15) is 0 Å². The number of rotatable bonds is 3. The van der Waals surface area contributed by atoms with E-state index in [9.17, 15) is 0 Å². The highest BCUT2D eigenvalue weighted by molar-refractivity contribution is 7.86. The van der Waals surface area contributed by atoms with Crippen molar-refractivity contribution >= 4 is 23.1 Å². The van der Waals surface area contributed by atoms with Crippen molar-refractivity contribution in [3.05, 3.63) is 134 Å². The zero-order valence-electron chi connectivity index (χ0n) is 21.3. The fourth-order valence-electron chi connectivity index (χ4n) is 5.72. The zero-order valence-corrected chi connectivity index (χ0v) is 22.2. The van der Waals surface area contributed by atoms with E-state index in [0.717, 1.165) is 33.4 Å². The van der Waals surface area contributed by atoms with Crippen molar-refractivity contribution in [1.29, 1.82) is 0 Å². The average molecular weight is 536 g/mol. The Bertz CT molecular complexity index is 1960. The van der Waals surface area contributed by atoms with Gasteiger partial charge in [-0.3, -0.25) is 4.98 Å². The number of aromatic nitrogens is 1. The zero-order chi connectivity index (χ0) is 26.7. The third kappa shape index (κ3) is 3.40. The number of pyridine rings is 1. The second kappa shape index (κ2) is 8.81. The van der Waals surface area contributed by atoms with Crippen LogP contribution in [-0.2, 0) is 4.57 Å². The molecule has 0 saturated carbocycles. The van der Waals surface area contributed by atoms with Gasteiger partial charge < -0.3 is 14.0 Å². The van der Waals surface area contributed by atoms with Gasteiger partial charge in [0.15, 0.2) is 7.14 Å². The van der Waals surface area contributed by atoms with Gasteiger partial charge in [0, 0.05) is 23.5 Å². The molecule has 0 fully saturated rings. The highest BCUT2D eigenvalue weighted by Crippen LogP contribution is 2.60. The van der Waals surface area contributed by atoms with E-state index in [0.29, 0.717) is 38.9 Å². The standard InChI is InChI=1S/C35H22NO3P/c37-40-32-17-13-25(23-8-3-1-4-9-23)20-30(32)38-29-16-15-28(27-12-7-19-36-22-27)34(35(29)40)39-31-21-26(14-18-33(31)40)24-10-5-2-6-11-24/h1-22H. The van der Waals surface area contributed by atoms with Crippen LogP contribution in [0.3, 0.4) is 0 Å². The SMILES string of the molecule is O=P12c3ccc(-c4ccccc4)cc3Oc3ccc(-c4cccnc4)c(c31)Oc1cc(-c3ccccc3)ccc12. The van der Waals surface area contributed by atoms with Crippen molar-refractivity contribution in [2.24, 2.45) is 0 Å². The van der Waals surface area contributed by atoms with E-state index in [1.165, 1.54) is 0 Å². The average Bonchev–Trinajstić information content (AvgIpc) is 3.02. The molecule has 4 nitrogen and oxygen atoms in total. The number of nitrogens with zero attached hydrogens (tertiary/aromatic N) is 1. The molecule has 0 N–H and O–H groups in total. The second-order valence-corrected chi connectivity index (χ2v) is 12.6. The Labute approximate surface area is 231 Å². The molecule has 5 heteroatoms. The summed E-state index contributed by atoms with van der Waals surface area (Å²) in [5, 5.41) is 1.97. The lowest BCUT2D eigenvalue weighted by molar-refractivity contribution is 0.463. The van der Waals surface area contributed by atoms with Gasteiger partial charge in [0.25, 0.3) is 0 Å². The molecule has 0 radical (unpaired) electrons. The van der Waals surface area contributed by atoms with Gasteiger partial charge in [-0.15, -0.1) is 0 Å². The minimum absolute atomic E-state index is 0.557. The Balaban J connectivity index is 1.39. The molecule has 40 heavy (non-hydrogen) atoms. The minimum atomic E-state index is -3.36. The molecule has 2 aliphatic rings. The summed E-state index contributed by atoms with van der Waals surface area (Å²) >= 11 is 0. The molecule has 0 amide bonds. The van der Waals surface area contributed by atoms with Crippen molar-refractivity contribution in [3.63, 3.8) is 0 Å². The van der Waals surface area contributed by atoms with Gasteiger partial charge >= 0.3 is 0 Å². The number of fused-ring (bicyclic) bond motifs is 4. The van der Waals surface area contributed by atoms with Crippen LogP contribution in [0.15, 0.2) is 134 Å². The molecule has 8 rings (SSSR count). The lowest BCUT2D eigenvalue weighted by atomic mass is 10.0. The topological polar surface area (TPSA) is 48.4 Å². The second-order valence-electron chi connectivity index (χ2n) is 9.94. The number of benzene rings is 5. The quantitative estimate of drug-likeness (QED) is 0.216. The summed E-state index contributed by atoms with van der Waals surface area (Å²) in [6.45, 7) is 0. The van der Waals surface area contributed by atoms with E-state index < -0.39 is 7.14 Å². The number of hydrogen-bond acceptors (Lipinski definition) is 4. The van der Waals surface area contributed by atoms with Crippen molar-refractivity contribution in [1.82, 2.24) is 4.98 Å². The molecule has 1 atom stereocenters. The third-order valence-electron chi connectivity index (χ3n) is 7.63. The van der Waals surface area contributed by atoms with Crippen LogP contribution in [0.2, 0.25) is 0 Å². The Kier molecular flexibility index (Phi) is 5.07. The molecule has 0 aliphatic carbocycles. The summed E-state index contributed by atoms with van der Waals surface area (Å²) < 4.78 is 28.8. The Morgan fingerprint density at radius 1 is 0.525 bits per heavy atom. The van der Waals surface area contributed by atoms with Crippen LogP contribution in [0.5, 0.6) is 23.0 Å². The smallest absolute Gasteiger partial charge is 0.185 e. The molecule has 190 valence electrons. The summed E-state index contributed by atoms with van der Waals surface area (Å²) in [6, 6.07) is 40.0. The van der Waals surface area contributed by atoms with Crippen molar-refractivity contribution < 1.29 is 14.0 Å². The van der Waals surface area contributed by atoms with Gasteiger partial charge in [-0.05, 0) is 64.7 Å². The molecule has 1 aromatic heterocycles. The van der Waals surface area contributed by atoms with E-state index in [2.05, 4.69) is 29.2 Å². The first kappa shape index (κ1) is 23.0. The van der Waals surface area contributed by atoms with E-state index in [-0.39, 0.29) is 0 Å². The van der Waals surface area contributed by atoms with Gasteiger partial charge in [-0.25, -0.2) is 0 Å². The van der Waals surface area contributed by atoms with Crippen molar-refractivity contribution in [2.75, 3.05) is 0 Å². The first-order valence-corrected chi connectivity index (χ1v) is 14.8. The van der Waals surface area contributed by atoms with E-state index in [1.54, 1.807) is 12.4 Å². The minimum Gasteiger partial charge on any atom is -0.456 e. The Morgan fingerprint density at radius 2 is 1.12 bits per heavy atom. The maximum absolute atomic E-state index is 15.6. The van der Waals surface area contributed by atoms with E-state index in [4.69, 9.17) is 9.47 Å². The molecule has 1 unspecified atom stereocenters. The highest BCUT2D eigenvalue weighted by Gasteiger charge is 2.47. The maximum atomic E-state index is 15.6. The molecule has 5 aromatic carbocycles. The number of hydrogen-bond donors (Lipinski definition) is 0. The first-order valence-electron chi connectivity index (χ1n) is 13.1. The lowest BCUT2D eigenvalue weighted by Crippen LogP contribution is -2.35. The monoisotopic (exact) mass is 535 g/mol. The van der Waals surface area contributed by atoms with Crippen LogP contribution in [0.1, 0.15) is 0 Å². The molecule has 2 aliphatic heterocycles. The van der Waals surface area contributed by atoms with Crippen LogP contribution in [0.4, 0.5) is 0 Å². The van der Waals surface area contributed by atoms with Gasteiger partial charge in [0.2, 0.25) is 0 Å². The summed E-state index contributed by atoms with van der Waals surface area (Å²) in [5.41, 5.74) is 5.87. The largest absolute Gasteiger partial charge is 0.456 e. The number of ether oxygens (including phenoxy) is 2. The molecule has 0 spiro atoms. The Morgan fingerprint density at radius 3 is 1.73 bits per heavy atom. The van der Waals surface area contributed by atoms with Crippen LogP contribution in [-0.4, -0.2) is 4.98 Å². The van der Waals surface area contributed by atoms with Crippen LogP contribution >= 0.6 is 7.14 Å². The predicted octanol–water partition coefficient (Wildman–Crippen LogP) is 7.93. The van der Waals surface area contributed by atoms with Gasteiger partial charge in [0.1, 0.15) is 28.3 Å².